The van der Waals surface area contributed by atoms with Gasteiger partial charge in [0.25, 0.3) is 0 Å². The van der Waals surface area contributed by atoms with Crippen LogP contribution in [0.15, 0.2) is 91.0 Å². The Morgan fingerprint density at radius 2 is 1.04 bits per heavy atom. The van der Waals surface area contributed by atoms with E-state index in [2.05, 4.69) is 41.7 Å². The molecule has 120 valence electrons. The van der Waals surface area contributed by atoms with Crippen LogP contribution in [0, 0.1) is 0 Å². The van der Waals surface area contributed by atoms with Crippen LogP contribution in [-0.2, 0) is 10.3 Å². The largest absolute Gasteiger partial charge is 0.338 e. The molecule has 1 N–H and O–H groups in total. The summed E-state index contributed by atoms with van der Waals surface area (Å²) in [5.74, 6) is 0.0200. The molecule has 0 aromatic heterocycles. The minimum Gasteiger partial charge on any atom is -0.338 e. The number of hydrogen-bond donors (Lipinski definition) is 1. The van der Waals surface area contributed by atoms with Gasteiger partial charge in [-0.2, -0.15) is 0 Å². The number of benzene rings is 3. The number of amides is 1. The molecule has 0 bridgehead atoms. The molecule has 3 aromatic rings. The number of rotatable bonds is 5. The van der Waals surface area contributed by atoms with Crippen LogP contribution in [-0.4, -0.2) is 5.91 Å². The first-order valence-electron chi connectivity index (χ1n) is 8.25. The Hall–Kier alpha value is -2.87. The summed E-state index contributed by atoms with van der Waals surface area (Å²) in [4.78, 5) is 12.4. The third-order valence-electron chi connectivity index (χ3n) is 4.27. The SMILES string of the molecule is CCC(=O)NC(c1ccccc1)(c1ccccc1)c1ccccc1. The van der Waals surface area contributed by atoms with Crippen molar-refractivity contribution in [3.8, 4) is 0 Å². The Morgan fingerprint density at radius 3 is 1.33 bits per heavy atom. The zero-order chi connectivity index (χ0) is 16.8. The minimum absolute atomic E-state index is 0.0200. The van der Waals surface area contributed by atoms with Crippen molar-refractivity contribution in [1.29, 1.82) is 0 Å². The van der Waals surface area contributed by atoms with Gasteiger partial charge in [-0.15, -0.1) is 0 Å². The van der Waals surface area contributed by atoms with Crippen LogP contribution in [0.2, 0.25) is 0 Å². The van der Waals surface area contributed by atoms with Gasteiger partial charge in [-0.25, -0.2) is 0 Å². The molecule has 0 unspecified atom stereocenters. The molecule has 3 aromatic carbocycles. The van der Waals surface area contributed by atoms with Gasteiger partial charge in [-0.1, -0.05) is 97.9 Å². The Kier molecular flexibility index (Phi) is 4.76. The summed E-state index contributed by atoms with van der Waals surface area (Å²) < 4.78 is 0. The van der Waals surface area contributed by atoms with Crippen molar-refractivity contribution in [2.24, 2.45) is 0 Å². The third kappa shape index (κ3) is 2.95. The molecule has 0 atom stereocenters. The monoisotopic (exact) mass is 315 g/mol. The molecule has 1 amide bonds. The van der Waals surface area contributed by atoms with Gasteiger partial charge in [-0.3, -0.25) is 4.79 Å². The van der Waals surface area contributed by atoms with Crippen LogP contribution < -0.4 is 5.32 Å². The van der Waals surface area contributed by atoms with E-state index in [0.29, 0.717) is 6.42 Å². The topological polar surface area (TPSA) is 29.1 Å². The lowest BCUT2D eigenvalue weighted by molar-refractivity contribution is -0.122. The van der Waals surface area contributed by atoms with Crippen molar-refractivity contribution in [3.63, 3.8) is 0 Å². The zero-order valence-electron chi connectivity index (χ0n) is 13.8. The van der Waals surface area contributed by atoms with E-state index in [9.17, 15) is 4.79 Å². The maximum atomic E-state index is 12.4. The molecule has 24 heavy (non-hydrogen) atoms. The number of nitrogens with one attached hydrogen (secondary N) is 1. The predicted molar refractivity (Wildman–Crippen MR) is 97.6 cm³/mol. The van der Waals surface area contributed by atoms with Crippen molar-refractivity contribution in [2.75, 3.05) is 0 Å². The van der Waals surface area contributed by atoms with Crippen molar-refractivity contribution in [1.82, 2.24) is 5.32 Å². The standard InChI is InChI=1S/C22H21NO/c1-2-21(24)23-22(18-12-6-3-7-13-18,19-14-8-4-9-15-19)20-16-10-5-11-17-20/h3-17H,2H2,1H3,(H,23,24). The first-order chi connectivity index (χ1) is 11.8. The number of carbonyl (C=O) groups is 1. The van der Waals surface area contributed by atoms with E-state index in [1.165, 1.54) is 0 Å². The second kappa shape index (κ2) is 7.14. The van der Waals surface area contributed by atoms with E-state index >= 15 is 0 Å². The first-order valence-corrected chi connectivity index (χ1v) is 8.25. The maximum absolute atomic E-state index is 12.4. The lowest BCUT2D eigenvalue weighted by Gasteiger charge is -2.36. The van der Waals surface area contributed by atoms with Gasteiger partial charge in [0, 0.05) is 6.42 Å². The molecule has 2 heteroatoms. The smallest absolute Gasteiger partial charge is 0.220 e. The van der Waals surface area contributed by atoms with Crippen LogP contribution in [0.25, 0.3) is 0 Å². The fraction of sp³-hybridized carbons (Fsp3) is 0.136. The van der Waals surface area contributed by atoms with Gasteiger partial charge in [0.05, 0.1) is 0 Å². The average molecular weight is 315 g/mol. The van der Waals surface area contributed by atoms with Gasteiger partial charge in [0.1, 0.15) is 5.54 Å². The third-order valence-corrected chi connectivity index (χ3v) is 4.27. The zero-order valence-corrected chi connectivity index (χ0v) is 13.8. The highest BCUT2D eigenvalue weighted by Gasteiger charge is 2.37. The fourth-order valence-corrected chi connectivity index (χ4v) is 3.08. The molecule has 0 aliphatic heterocycles. The van der Waals surface area contributed by atoms with Gasteiger partial charge in [-0.05, 0) is 16.7 Å². The summed E-state index contributed by atoms with van der Waals surface area (Å²) >= 11 is 0. The van der Waals surface area contributed by atoms with Crippen LogP contribution >= 0.6 is 0 Å². The maximum Gasteiger partial charge on any atom is 0.220 e. The van der Waals surface area contributed by atoms with Crippen LogP contribution in [0.4, 0.5) is 0 Å². The summed E-state index contributed by atoms with van der Waals surface area (Å²) in [5.41, 5.74) is 2.44. The van der Waals surface area contributed by atoms with Crippen molar-refractivity contribution >= 4 is 5.91 Å². The molecular formula is C22H21NO. The second-order valence-electron chi connectivity index (χ2n) is 5.75. The molecule has 2 nitrogen and oxygen atoms in total. The van der Waals surface area contributed by atoms with E-state index < -0.39 is 5.54 Å². The highest BCUT2D eigenvalue weighted by molar-refractivity contribution is 5.78. The highest BCUT2D eigenvalue weighted by Crippen LogP contribution is 2.36. The summed E-state index contributed by atoms with van der Waals surface area (Å²) in [5, 5.41) is 3.29. The first kappa shape index (κ1) is 16.0. The summed E-state index contributed by atoms with van der Waals surface area (Å²) in [6.45, 7) is 1.88. The number of hydrogen-bond acceptors (Lipinski definition) is 1. The molecule has 0 aliphatic carbocycles. The predicted octanol–water partition coefficient (Wildman–Crippen LogP) is 4.50. The molecule has 0 radical (unpaired) electrons. The van der Waals surface area contributed by atoms with Gasteiger partial charge < -0.3 is 5.32 Å². The van der Waals surface area contributed by atoms with Crippen LogP contribution in [0.3, 0.4) is 0 Å². The van der Waals surface area contributed by atoms with E-state index in [0.717, 1.165) is 16.7 Å². The van der Waals surface area contributed by atoms with Gasteiger partial charge >= 0.3 is 0 Å². The molecule has 0 saturated heterocycles. The molecular weight excluding hydrogens is 294 g/mol. The van der Waals surface area contributed by atoms with Crippen molar-refractivity contribution < 1.29 is 4.79 Å². The molecule has 0 saturated carbocycles. The van der Waals surface area contributed by atoms with E-state index in [4.69, 9.17) is 0 Å². The van der Waals surface area contributed by atoms with Gasteiger partial charge in [0.2, 0.25) is 5.91 Å². The van der Waals surface area contributed by atoms with E-state index in [1.54, 1.807) is 0 Å². The van der Waals surface area contributed by atoms with Crippen molar-refractivity contribution in [2.45, 2.75) is 18.9 Å². The van der Waals surface area contributed by atoms with Crippen molar-refractivity contribution in [3.05, 3.63) is 108 Å². The van der Waals surface area contributed by atoms with Crippen LogP contribution in [0.5, 0.6) is 0 Å². The quantitative estimate of drug-likeness (QED) is 0.690. The summed E-state index contributed by atoms with van der Waals surface area (Å²) in [6, 6.07) is 30.4. The molecule has 0 heterocycles. The second-order valence-corrected chi connectivity index (χ2v) is 5.75. The molecule has 0 fully saturated rings. The Balaban J connectivity index is 2.30. The van der Waals surface area contributed by atoms with Gasteiger partial charge in [0.15, 0.2) is 0 Å². The van der Waals surface area contributed by atoms with E-state index in [1.807, 2.05) is 61.5 Å². The lowest BCUT2D eigenvalue weighted by atomic mass is 9.77. The van der Waals surface area contributed by atoms with Crippen LogP contribution in [0.1, 0.15) is 30.0 Å². The lowest BCUT2D eigenvalue weighted by Crippen LogP contribution is -2.47. The Labute approximate surface area is 143 Å². The Morgan fingerprint density at radius 1 is 0.708 bits per heavy atom. The molecule has 0 spiro atoms. The normalized spacial score (nSPS) is 11.0. The minimum atomic E-state index is -0.698. The number of carbonyl (C=O) groups excluding carboxylic acids is 1. The summed E-state index contributed by atoms with van der Waals surface area (Å²) in [6.07, 6.45) is 0.439. The Bertz CT molecular complexity index is 685. The van der Waals surface area contributed by atoms with E-state index in [-0.39, 0.29) is 5.91 Å². The highest BCUT2D eigenvalue weighted by atomic mass is 16.1. The summed E-state index contributed by atoms with van der Waals surface area (Å²) in [7, 11) is 0. The average Bonchev–Trinajstić information content (AvgIpc) is 2.68. The molecule has 3 rings (SSSR count). The molecule has 0 aliphatic rings. The fourth-order valence-electron chi connectivity index (χ4n) is 3.08.